The number of halogens is 2. The van der Waals surface area contributed by atoms with Crippen LogP contribution in [0, 0.1) is 0 Å². The predicted octanol–water partition coefficient (Wildman–Crippen LogP) is 2.55. The normalized spacial score (nSPS) is 30.1. The van der Waals surface area contributed by atoms with Gasteiger partial charge in [0.15, 0.2) is 0 Å². The number of rotatable bonds is 1. The Balaban J connectivity index is 2.93. The highest BCUT2D eigenvalue weighted by atomic mass is 79.9. The Labute approximate surface area is 84.8 Å². The summed E-state index contributed by atoms with van der Waals surface area (Å²) in [6, 6.07) is 0. The Bertz CT molecular complexity index is 340. The van der Waals surface area contributed by atoms with Crippen molar-refractivity contribution in [3.05, 3.63) is 23.1 Å². The van der Waals surface area contributed by atoms with E-state index >= 15 is 0 Å². The summed E-state index contributed by atoms with van der Waals surface area (Å²) in [6.07, 6.45) is 5.53. The standard InChI is InChI=1S/C7H8BrClO2S/c1-7(8)4-2-6(3-5-7)12(9,10)11/h2-4H,5H2,1H3. The SMILES string of the molecule is CC1(Br)C=CC(S(=O)(=O)Cl)=CC1. The maximum absolute atomic E-state index is 10.8. The molecule has 0 aliphatic heterocycles. The molecule has 0 saturated heterocycles. The highest BCUT2D eigenvalue weighted by molar-refractivity contribution is 9.10. The molecule has 0 saturated carbocycles. The molecule has 1 atom stereocenters. The van der Waals surface area contributed by atoms with Gasteiger partial charge in [0, 0.05) is 15.0 Å². The highest BCUT2D eigenvalue weighted by Crippen LogP contribution is 2.31. The summed E-state index contributed by atoms with van der Waals surface area (Å²) in [5.41, 5.74) is 0. The Morgan fingerprint density at radius 1 is 1.67 bits per heavy atom. The zero-order valence-electron chi connectivity index (χ0n) is 6.42. The van der Waals surface area contributed by atoms with E-state index in [0.29, 0.717) is 6.42 Å². The molecule has 0 amide bonds. The summed E-state index contributed by atoms with van der Waals surface area (Å²) in [7, 11) is 1.59. The van der Waals surface area contributed by atoms with Crippen LogP contribution < -0.4 is 0 Å². The fourth-order valence-corrected chi connectivity index (χ4v) is 2.02. The highest BCUT2D eigenvalue weighted by Gasteiger charge is 2.22. The zero-order valence-corrected chi connectivity index (χ0v) is 9.58. The maximum atomic E-state index is 10.8. The minimum absolute atomic E-state index is 0.141. The summed E-state index contributed by atoms with van der Waals surface area (Å²) in [5, 5.41) is 0. The fourth-order valence-electron chi connectivity index (χ4n) is 0.873. The third kappa shape index (κ3) is 2.61. The Hall–Kier alpha value is 0.200. The van der Waals surface area contributed by atoms with Crippen LogP contribution in [0.4, 0.5) is 0 Å². The Morgan fingerprint density at radius 3 is 2.58 bits per heavy atom. The molecule has 1 aliphatic rings. The molecule has 1 rings (SSSR count). The molecule has 0 radical (unpaired) electrons. The van der Waals surface area contributed by atoms with Gasteiger partial charge in [0.25, 0.3) is 9.05 Å². The molecule has 0 aromatic rings. The van der Waals surface area contributed by atoms with Crippen molar-refractivity contribution in [3.8, 4) is 0 Å². The third-order valence-electron chi connectivity index (χ3n) is 1.58. The first-order valence-corrected chi connectivity index (χ1v) is 6.44. The Morgan fingerprint density at radius 2 is 2.25 bits per heavy atom. The van der Waals surface area contributed by atoms with Gasteiger partial charge in [-0.2, -0.15) is 0 Å². The van der Waals surface area contributed by atoms with E-state index in [0.717, 1.165) is 0 Å². The van der Waals surface area contributed by atoms with Crippen molar-refractivity contribution in [1.82, 2.24) is 0 Å². The van der Waals surface area contributed by atoms with Crippen molar-refractivity contribution in [2.75, 3.05) is 0 Å². The van der Waals surface area contributed by atoms with Crippen LogP contribution >= 0.6 is 26.6 Å². The smallest absolute Gasteiger partial charge is 0.207 e. The van der Waals surface area contributed by atoms with E-state index in [-0.39, 0.29) is 9.23 Å². The molecule has 0 N–H and O–H groups in total. The first-order valence-electron chi connectivity index (χ1n) is 3.34. The maximum Gasteiger partial charge on any atom is 0.260 e. The average molecular weight is 272 g/mol. The van der Waals surface area contributed by atoms with Crippen molar-refractivity contribution in [2.24, 2.45) is 0 Å². The van der Waals surface area contributed by atoms with Gasteiger partial charge < -0.3 is 0 Å². The van der Waals surface area contributed by atoms with Crippen molar-refractivity contribution < 1.29 is 8.42 Å². The van der Waals surface area contributed by atoms with Crippen molar-refractivity contribution in [1.29, 1.82) is 0 Å². The number of alkyl halides is 1. The lowest BCUT2D eigenvalue weighted by Gasteiger charge is -2.19. The second kappa shape index (κ2) is 3.16. The van der Waals surface area contributed by atoms with Gasteiger partial charge in [-0.1, -0.05) is 28.1 Å². The van der Waals surface area contributed by atoms with Gasteiger partial charge in [-0.3, -0.25) is 0 Å². The second-order valence-electron chi connectivity index (χ2n) is 2.86. The van der Waals surface area contributed by atoms with E-state index in [9.17, 15) is 8.42 Å². The van der Waals surface area contributed by atoms with E-state index in [1.807, 2.05) is 6.92 Å². The van der Waals surface area contributed by atoms with Crippen molar-refractivity contribution in [3.63, 3.8) is 0 Å². The molecule has 1 unspecified atom stereocenters. The van der Waals surface area contributed by atoms with E-state index in [1.165, 1.54) is 6.08 Å². The lowest BCUT2D eigenvalue weighted by Crippen LogP contribution is -2.14. The molecule has 2 nitrogen and oxygen atoms in total. The van der Waals surface area contributed by atoms with Gasteiger partial charge in [0.05, 0.1) is 4.91 Å². The van der Waals surface area contributed by atoms with Crippen LogP contribution in [0.15, 0.2) is 23.1 Å². The van der Waals surface area contributed by atoms with Crippen LogP contribution in [0.1, 0.15) is 13.3 Å². The first-order chi connectivity index (χ1) is 5.31. The van der Waals surface area contributed by atoms with Crippen LogP contribution in [0.5, 0.6) is 0 Å². The first kappa shape index (κ1) is 10.3. The molecule has 0 aromatic heterocycles. The van der Waals surface area contributed by atoms with E-state index < -0.39 is 9.05 Å². The average Bonchev–Trinajstić information content (AvgIpc) is 1.83. The van der Waals surface area contributed by atoms with Crippen molar-refractivity contribution in [2.45, 2.75) is 17.7 Å². The predicted molar refractivity (Wildman–Crippen MR) is 53.9 cm³/mol. The Kier molecular flexibility index (Phi) is 2.71. The minimum atomic E-state index is -3.55. The molecular formula is C7H8BrClO2S. The van der Waals surface area contributed by atoms with Crippen LogP contribution in [0.3, 0.4) is 0 Å². The van der Waals surface area contributed by atoms with Gasteiger partial charge in [0.2, 0.25) is 0 Å². The molecule has 68 valence electrons. The number of allylic oxidation sites excluding steroid dienone is 3. The molecule has 5 heteroatoms. The van der Waals surface area contributed by atoms with Gasteiger partial charge in [0.1, 0.15) is 0 Å². The number of hydrogen-bond acceptors (Lipinski definition) is 2. The summed E-state index contributed by atoms with van der Waals surface area (Å²) in [6.45, 7) is 1.96. The minimum Gasteiger partial charge on any atom is -0.207 e. The van der Waals surface area contributed by atoms with Gasteiger partial charge >= 0.3 is 0 Å². The molecule has 0 spiro atoms. The third-order valence-corrected chi connectivity index (χ3v) is 3.57. The second-order valence-corrected chi connectivity index (χ2v) is 7.24. The largest absolute Gasteiger partial charge is 0.260 e. The monoisotopic (exact) mass is 270 g/mol. The molecule has 12 heavy (non-hydrogen) atoms. The molecular weight excluding hydrogens is 263 g/mol. The van der Waals surface area contributed by atoms with Crippen LogP contribution in [0.25, 0.3) is 0 Å². The van der Waals surface area contributed by atoms with Gasteiger partial charge in [-0.15, -0.1) is 0 Å². The summed E-state index contributed by atoms with van der Waals surface area (Å²) >= 11 is 3.42. The van der Waals surface area contributed by atoms with E-state index in [1.54, 1.807) is 12.2 Å². The summed E-state index contributed by atoms with van der Waals surface area (Å²) in [4.78, 5) is 0.182. The zero-order chi connectivity index (χ0) is 9.41. The van der Waals surface area contributed by atoms with Crippen LogP contribution in [-0.2, 0) is 9.05 Å². The van der Waals surface area contributed by atoms with Crippen LogP contribution in [-0.4, -0.2) is 12.7 Å². The quantitative estimate of drug-likeness (QED) is 0.542. The summed E-state index contributed by atoms with van der Waals surface area (Å²) < 4.78 is 21.5. The van der Waals surface area contributed by atoms with Crippen molar-refractivity contribution >= 4 is 35.7 Å². The van der Waals surface area contributed by atoms with Crippen LogP contribution in [0.2, 0.25) is 0 Å². The molecule has 0 heterocycles. The topological polar surface area (TPSA) is 34.1 Å². The van der Waals surface area contributed by atoms with Gasteiger partial charge in [-0.25, -0.2) is 8.42 Å². The lowest BCUT2D eigenvalue weighted by molar-refractivity contribution is 0.615. The van der Waals surface area contributed by atoms with Gasteiger partial charge in [-0.05, 0) is 19.4 Å². The molecule has 0 bridgehead atoms. The number of hydrogen-bond donors (Lipinski definition) is 0. The van der Waals surface area contributed by atoms with E-state index in [4.69, 9.17) is 10.7 Å². The molecule has 0 fully saturated rings. The summed E-state index contributed by atoms with van der Waals surface area (Å²) in [5.74, 6) is 0. The fraction of sp³-hybridized carbons (Fsp3) is 0.429. The lowest BCUT2D eigenvalue weighted by atomic mass is 10.0. The van der Waals surface area contributed by atoms with E-state index in [2.05, 4.69) is 15.9 Å². The molecule has 0 aromatic carbocycles. The molecule has 1 aliphatic carbocycles.